The maximum Gasteiger partial charge on any atom is 0.127 e. The highest BCUT2D eigenvalue weighted by atomic mass is 79.9. The van der Waals surface area contributed by atoms with Crippen LogP contribution < -0.4 is 4.74 Å². The Labute approximate surface area is 103 Å². The number of fused-ring (bicyclic) bond motifs is 1. The van der Waals surface area contributed by atoms with Crippen molar-refractivity contribution in [1.29, 1.82) is 0 Å². The van der Waals surface area contributed by atoms with E-state index in [1.54, 1.807) is 0 Å². The van der Waals surface area contributed by atoms with Crippen molar-refractivity contribution in [1.82, 2.24) is 0 Å². The lowest BCUT2D eigenvalue weighted by molar-refractivity contribution is 0.128. The zero-order valence-corrected chi connectivity index (χ0v) is 10.4. The predicted molar refractivity (Wildman–Crippen MR) is 69.2 cm³/mol. The standard InChI is InChI=1S/C13H13BrO2/c14-8-11(15)9-16-13-7-3-5-10-4-1-2-6-12(10)13/h1-7,11,15H,8-9H2/t11-/m0/s1. The minimum atomic E-state index is -0.473. The summed E-state index contributed by atoms with van der Waals surface area (Å²) in [4.78, 5) is 0. The molecule has 0 unspecified atom stereocenters. The Hall–Kier alpha value is -1.06. The van der Waals surface area contributed by atoms with Gasteiger partial charge in [-0.05, 0) is 11.5 Å². The van der Waals surface area contributed by atoms with Gasteiger partial charge in [0.2, 0.25) is 0 Å². The van der Waals surface area contributed by atoms with Gasteiger partial charge in [-0.3, -0.25) is 0 Å². The van der Waals surface area contributed by atoms with E-state index in [0.29, 0.717) is 11.9 Å². The van der Waals surface area contributed by atoms with Gasteiger partial charge >= 0.3 is 0 Å². The second kappa shape index (κ2) is 5.32. The van der Waals surface area contributed by atoms with Gasteiger partial charge in [0.25, 0.3) is 0 Å². The third-order valence-electron chi connectivity index (χ3n) is 2.36. The fraction of sp³-hybridized carbons (Fsp3) is 0.231. The lowest BCUT2D eigenvalue weighted by atomic mass is 10.1. The molecular formula is C13H13BrO2. The second-order valence-corrected chi connectivity index (χ2v) is 4.24. The van der Waals surface area contributed by atoms with E-state index < -0.39 is 6.10 Å². The first-order valence-electron chi connectivity index (χ1n) is 5.16. The molecule has 2 nitrogen and oxygen atoms in total. The van der Waals surface area contributed by atoms with Crippen molar-refractivity contribution >= 4 is 26.7 Å². The Morgan fingerprint density at radius 3 is 2.69 bits per heavy atom. The normalized spacial score (nSPS) is 12.6. The number of halogens is 1. The zero-order chi connectivity index (χ0) is 11.4. The van der Waals surface area contributed by atoms with E-state index in [1.807, 2.05) is 42.5 Å². The quantitative estimate of drug-likeness (QED) is 0.873. The lowest BCUT2D eigenvalue weighted by Gasteiger charge is -2.11. The van der Waals surface area contributed by atoms with Gasteiger partial charge in [0.15, 0.2) is 0 Å². The van der Waals surface area contributed by atoms with Crippen LogP contribution in [-0.2, 0) is 0 Å². The zero-order valence-electron chi connectivity index (χ0n) is 8.77. The summed E-state index contributed by atoms with van der Waals surface area (Å²) in [6.07, 6.45) is -0.473. The Kier molecular flexibility index (Phi) is 3.80. The van der Waals surface area contributed by atoms with Crippen LogP contribution in [0.3, 0.4) is 0 Å². The van der Waals surface area contributed by atoms with Crippen LogP contribution >= 0.6 is 15.9 Å². The Morgan fingerprint density at radius 2 is 1.88 bits per heavy atom. The van der Waals surface area contributed by atoms with Crippen molar-refractivity contribution in [3.05, 3.63) is 42.5 Å². The Bertz CT molecular complexity index is 465. The molecular weight excluding hydrogens is 268 g/mol. The van der Waals surface area contributed by atoms with Crippen molar-refractivity contribution < 1.29 is 9.84 Å². The van der Waals surface area contributed by atoms with Crippen LogP contribution in [0.25, 0.3) is 10.8 Å². The number of aliphatic hydroxyl groups is 1. The molecule has 0 aromatic heterocycles. The molecule has 0 bridgehead atoms. The largest absolute Gasteiger partial charge is 0.490 e. The van der Waals surface area contributed by atoms with Crippen LogP contribution in [0.5, 0.6) is 5.75 Å². The molecule has 1 N–H and O–H groups in total. The van der Waals surface area contributed by atoms with E-state index in [1.165, 1.54) is 0 Å². The van der Waals surface area contributed by atoms with Crippen LogP contribution in [-0.4, -0.2) is 23.1 Å². The highest BCUT2D eigenvalue weighted by molar-refractivity contribution is 9.09. The number of alkyl halides is 1. The molecule has 0 heterocycles. The molecule has 0 saturated carbocycles. The molecule has 16 heavy (non-hydrogen) atoms. The first kappa shape index (κ1) is 11.4. The first-order chi connectivity index (χ1) is 7.81. The third-order valence-corrected chi connectivity index (χ3v) is 3.11. The van der Waals surface area contributed by atoms with Crippen LogP contribution in [0.1, 0.15) is 0 Å². The maximum absolute atomic E-state index is 9.42. The molecule has 0 saturated heterocycles. The molecule has 84 valence electrons. The monoisotopic (exact) mass is 280 g/mol. The molecule has 0 aliphatic carbocycles. The Morgan fingerprint density at radius 1 is 1.12 bits per heavy atom. The van der Waals surface area contributed by atoms with Gasteiger partial charge in [-0.1, -0.05) is 52.3 Å². The SMILES string of the molecule is O[C@@H](CBr)COc1cccc2ccccc12. The molecule has 0 aliphatic rings. The number of ether oxygens (including phenoxy) is 1. The minimum absolute atomic E-state index is 0.305. The van der Waals surface area contributed by atoms with Crippen LogP contribution in [0.2, 0.25) is 0 Å². The summed E-state index contributed by atoms with van der Waals surface area (Å²) in [5, 5.41) is 12.2. The topological polar surface area (TPSA) is 29.5 Å². The van der Waals surface area contributed by atoms with E-state index in [0.717, 1.165) is 16.5 Å². The van der Waals surface area contributed by atoms with E-state index in [4.69, 9.17) is 4.74 Å². The molecule has 0 fully saturated rings. The summed E-state index contributed by atoms with van der Waals surface area (Å²) in [5.41, 5.74) is 0. The summed E-state index contributed by atoms with van der Waals surface area (Å²) >= 11 is 3.21. The van der Waals surface area contributed by atoms with Gasteiger partial charge in [-0.25, -0.2) is 0 Å². The van der Waals surface area contributed by atoms with Gasteiger partial charge in [-0.2, -0.15) is 0 Å². The fourth-order valence-electron chi connectivity index (χ4n) is 1.55. The smallest absolute Gasteiger partial charge is 0.127 e. The van der Waals surface area contributed by atoms with Gasteiger partial charge in [0, 0.05) is 10.7 Å². The predicted octanol–water partition coefficient (Wildman–Crippen LogP) is 2.97. The van der Waals surface area contributed by atoms with Crippen LogP contribution in [0, 0.1) is 0 Å². The number of hydrogen-bond donors (Lipinski definition) is 1. The first-order valence-corrected chi connectivity index (χ1v) is 6.28. The maximum atomic E-state index is 9.42. The van der Waals surface area contributed by atoms with E-state index >= 15 is 0 Å². The fourth-order valence-corrected chi connectivity index (χ4v) is 1.74. The number of aliphatic hydroxyl groups excluding tert-OH is 1. The van der Waals surface area contributed by atoms with Gasteiger partial charge in [0.05, 0.1) is 6.10 Å². The van der Waals surface area contributed by atoms with Crippen molar-refractivity contribution in [2.24, 2.45) is 0 Å². The third kappa shape index (κ3) is 2.54. The van der Waals surface area contributed by atoms with E-state index in [-0.39, 0.29) is 0 Å². The van der Waals surface area contributed by atoms with Gasteiger partial charge in [-0.15, -0.1) is 0 Å². The summed E-state index contributed by atoms with van der Waals surface area (Å²) in [7, 11) is 0. The summed E-state index contributed by atoms with van der Waals surface area (Å²) in [5.74, 6) is 0.818. The number of benzene rings is 2. The summed E-state index contributed by atoms with van der Waals surface area (Å²) in [6, 6.07) is 14.0. The highest BCUT2D eigenvalue weighted by Crippen LogP contribution is 2.25. The van der Waals surface area contributed by atoms with Crippen molar-refractivity contribution in [2.45, 2.75) is 6.10 Å². The average Bonchev–Trinajstić information content (AvgIpc) is 2.35. The summed E-state index contributed by atoms with van der Waals surface area (Å²) in [6.45, 7) is 0.305. The summed E-state index contributed by atoms with van der Waals surface area (Å²) < 4.78 is 5.59. The Balaban J connectivity index is 2.23. The molecule has 2 aromatic carbocycles. The van der Waals surface area contributed by atoms with E-state index in [9.17, 15) is 5.11 Å². The lowest BCUT2D eigenvalue weighted by Crippen LogP contribution is -2.18. The van der Waals surface area contributed by atoms with Crippen LogP contribution in [0.15, 0.2) is 42.5 Å². The van der Waals surface area contributed by atoms with Gasteiger partial charge in [0.1, 0.15) is 12.4 Å². The van der Waals surface area contributed by atoms with Crippen molar-refractivity contribution in [2.75, 3.05) is 11.9 Å². The number of rotatable bonds is 4. The van der Waals surface area contributed by atoms with Crippen LogP contribution in [0.4, 0.5) is 0 Å². The second-order valence-electron chi connectivity index (χ2n) is 3.60. The van der Waals surface area contributed by atoms with Crippen molar-refractivity contribution in [3.8, 4) is 5.75 Å². The molecule has 0 aliphatic heterocycles. The highest BCUT2D eigenvalue weighted by Gasteiger charge is 2.05. The van der Waals surface area contributed by atoms with Crippen molar-refractivity contribution in [3.63, 3.8) is 0 Å². The van der Waals surface area contributed by atoms with Gasteiger partial charge < -0.3 is 9.84 Å². The molecule has 0 spiro atoms. The molecule has 0 amide bonds. The molecule has 1 atom stereocenters. The molecule has 3 heteroatoms. The molecule has 0 radical (unpaired) electrons. The molecule has 2 aromatic rings. The minimum Gasteiger partial charge on any atom is -0.490 e. The number of hydrogen-bond acceptors (Lipinski definition) is 2. The van der Waals surface area contributed by atoms with E-state index in [2.05, 4.69) is 15.9 Å². The molecule has 2 rings (SSSR count). The average molecular weight is 281 g/mol.